The molecule has 2 aromatic carbocycles. The number of aryl methyl sites for hydroxylation is 1. The first-order chi connectivity index (χ1) is 14.8. The highest BCUT2D eigenvalue weighted by atomic mass is 35.5. The first-order valence-electron chi connectivity index (χ1n) is 8.98. The van der Waals surface area contributed by atoms with Crippen LogP contribution in [0.15, 0.2) is 48.5 Å². The summed E-state index contributed by atoms with van der Waals surface area (Å²) < 4.78 is 10.5. The molecule has 0 bridgehead atoms. The van der Waals surface area contributed by atoms with Gasteiger partial charge in [0.1, 0.15) is 18.1 Å². The summed E-state index contributed by atoms with van der Waals surface area (Å²) in [4.78, 5) is 26.5. The van der Waals surface area contributed by atoms with E-state index >= 15 is 0 Å². The lowest BCUT2D eigenvalue weighted by Gasteiger charge is -2.14. The number of anilines is 1. The van der Waals surface area contributed by atoms with Crippen LogP contribution in [-0.4, -0.2) is 22.9 Å². The molecule has 3 aromatic rings. The molecule has 31 heavy (non-hydrogen) atoms. The fourth-order valence-corrected chi connectivity index (χ4v) is 3.11. The number of amides is 2. The van der Waals surface area contributed by atoms with Crippen molar-refractivity contribution in [3.63, 3.8) is 0 Å². The monoisotopic (exact) mass is 460 g/mol. The summed E-state index contributed by atoms with van der Waals surface area (Å²) in [6.45, 7) is 1.89. The molecule has 0 saturated carbocycles. The molecule has 0 aliphatic rings. The van der Waals surface area contributed by atoms with E-state index in [0.29, 0.717) is 11.4 Å². The van der Waals surface area contributed by atoms with Crippen molar-refractivity contribution in [1.29, 1.82) is 5.41 Å². The van der Waals surface area contributed by atoms with Crippen LogP contribution in [0.5, 0.6) is 5.75 Å². The fourth-order valence-electron chi connectivity index (χ4n) is 2.69. The van der Waals surface area contributed by atoms with Crippen LogP contribution in [-0.2, 0) is 11.3 Å². The third kappa shape index (κ3) is 5.36. The Hall–Kier alpha value is -3.49. The number of hydrogen-bond acceptors (Lipinski definition) is 5. The van der Waals surface area contributed by atoms with Gasteiger partial charge >= 0.3 is 6.09 Å². The van der Waals surface area contributed by atoms with Crippen LogP contribution in [0.2, 0.25) is 10.0 Å². The van der Waals surface area contributed by atoms with Gasteiger partial charge in [-0.1, -0.05) is 53.5 Å². The first-order valence-corrected chi connectivity index (χ1v) is 9.73. The van der Waals surface area contributed by atoms with Crippen molar-refractivity contribution in [3.05, 3.63) is 81.1 Å². The summed E-state index contributed by atoms with van der Waals surface area (Å²) in [5.41, 5.74) is 7.08. The van der Waals surface area contributed by atoms with Crippen LogP contribution < -0.4 is 15.8 Å². The summed E-state index contributed by atoms with van der Waals surface area (Å²) in [6, 6.07) is 13.8. The molecule has 160 valence electrons. The molecule has 0 unspecified atom stereocenters. The van der Waals surface area contributed by atoms with Crippen LogP contribution in [0.25, 0.3) is 0 Å². The molecule has 8 nitrogen and oxygen atoms in total. The predicted octanol–water partition coefficient (Wildman–Crippen LogP) is 4.88. The lowest BCUT2D eigenvalue weighted by atomic mass is 10.1. The second kappa shape index (κ2) is 9.55. The van der Waals surface area contributed by atoms with Crippen molar-refractivity contribution >= 4 is 46.8 Å². The molecule has 0 spiro atoms. The lowest BCUT2D eigenvalue weighted by molar-refractivity contribution is 0.102. The summed E-state index contributed by atoms with van der Waals surface area (Å²) >= 11 is 12.2. The van der Waals surface area contributed by atoms with Crippen molar-refractivity contribution in [2.24, 2.45) is 5.73 Å². The lowest BCUT2D eigenvalue weighted by Crippen LogP contribution is -2.19. The zero-order valence-electron chi connectivity index (χ0n) is 16.3. The van der Waals surface area contributed by atoms with Gasteiger partial charge in [-0.05, 0) is 30.7 Å². The van der Waals surface area contributed by atoms with Gasteiger partial charge in [-0.15, -0.1) is 0 Å². The Morgan fingerprint density at radius 3 is 2.45 bits per heavy atom. The average Bonchev–Trinajstić information content (AvgIpc) is 3.00. The van der Waals surface area contributed by atoms with E-state index in [0.717, 1.165) is 5.56 Å². The molecule has 3 rings (SSSR count). The number of nitrogens with two attached hydrogens (primary N) is 1. The Morgan fingerprint density at radius 1 is 1.13 bits per heavy atom. The Bertz CT molecular complexity index is 1150. The standard InChI is InChI=1S/C21H18Cl2N4O4/c1-11-16(22)17(23)18(26-11)20(28)27-14-8-7-13(19(24)31-21(25)29)9-15(14)30-10-12-5-3-2-4-6-12/h2-9,24,26H,10H2,1H3,(H2,25,29)(H,27,28). The Kier molecular flexibility index (Phi) is 6.84. The molecule has 10 heteroatoms. The van der Waals surface area contributed by atoms with E-state index in [9.17, 15) is 9.59 Å². The van der Waals surface area contributed by atoms with Gasteiger partial charge in [-0.25, -0.2) is 4.79 Å². The molecule has 0 radical (unpaired) electrons. The molecule has 1 aromatic heterocycles. The van der Waals surface area contributed by atoms with Crippen LogP contribution in [0, 0.1) is 12.3 Å². The van der Waals surface area contributed by atoms with Crippen LogP contribution >= 0.6 is 23.2 Å². The largest absolute Gasteiger partial charge is 0.487 e. The number of aromatic nitrogens is 1. The molecule has 0 aliphatic carbocycles. The molecule has 2 amide bonds. The number of rotatable bonds is 6. The maximum absolute atomic E-state index is 12.7. The van der Waals surface area contributed by atoms with E-state index < -0.39 is 17.9 Å². The van der Waals surface area contributed by atoms with Crippen molar-refractivity contribution in [2.45, 2.75) is 13.5 Å². The number of primary amides is 1. The number of aromatic amines is 1. The third-order valence-electron chi connectivity index (χ3n) is 4.21. The van der Waals surface area contributed by atoms with Gasteiger partial charge in [0.25, 0.3) is 5.91 Å². The maximum Gasteiger partial charge on any atom is 0.411 e. The summed E-state index contributed by atoms with van der Waals surface area (Å²) in [6.07, 6.45) is -1.11. The van der Waals surface area contributed by atoms with Gasteiger partial charge in [0.15, 0.2) is 0 Å². The summed E-state index contributed by atoms with van der Waals surface area (Å²) in [7, 11) is 0. The van der Waals surface area contributed by atoms with Gasteiger partial charge < -0.3 is 25.5 Å². The van der Waals surface area contributed by atoms with Crippen LogP contribution in [0.4, 0.5) is 10.5 Å². The number of ether oxygens (including phenoxy) is 2. The normalized spacial score (nSPS) is 10.4. The minimum absolute atomic E-state index is 0.104. The Labute approximate surface area is 187 Å². The van der Waals surface area contributed by atoms with Gasteiger partial charge in [0, 0.05) is 11.3 Å². The van der Waals surface area contributed by atoms with Crippen LogP contribution in [0.1, 0.15) is 27.3 Å². The maximum atomic E-state index is 12.7. The highest BCUT2D eigenvalue weighted by Gasteiger charge is 2.20. The van der Waals surface area contributed by atoms with Crippen molar-refractivity contribution in [2.75, 3.05) is 5.32 Å². The zero-order valence-corrected chi connectivity index (χ0v) is 17.8. The predicted molar refractivity (Wildman–Crippen MR) is 118 cm³/mol. The number of nitrogens with one attached hydrogen (secondary N) is 3. The molecular formula is C21H18Cl2N4O4. The highest BCUT2D eigenvalue weighted by Crippen LogP contribution is 2.32. The molecule has 1 heterocycles. The minimum atomic E-state index is -1.11. The number of hydrogen-bond donors (Lipinski definition) is 4. The second-order valence-electron chi connectivity index (χ2n) is 6.44. The SMILES string of the molecule is Cc1[nH]c(C(=O)Nc2ccc(C(=N)OC(N)=O)cc2OCc2ccccc2)c(Cl)c1Cl. The highest BCUT2D eigenvalue weighted by molar-refractivity contribution is 6.44. The van der Waals surface area contributed by atoms with E-state index in [2.05, 4.69) is 15.0 Å². The van der Waals surface area contributed by atoms with Crippen molar-refractivity contribution < 1.29 is 19.1 Å². The molecule has 0 fully saturated rings. The number of benzene rings is 2. The summed E-state index contributed by atoms with van der Waals surface area (Å²) in [5.74, 6) is -0.733. The van der Waals surface area contributed by atoms with E-state index in [-0.39, 0.29) is 33.7 Å². The quantitative estimate of drug-likeness (QED) is 0.308. The smallest absolute Gasteiger partial charge is 0.411 e. The molecule has 0 saturated heterocycles. The van der Waals surface area contributed by atoms with Gasteiger partial charge in [0.2, 0.25) is 5.90 Å². The Morgan fingerprint density at radius 2 is 1.84 bits per heavy atom. The third-order valence-corrected chi connectivity index (χ3v) is 5.16. The average molecular weight is 461 g/mol. The van der Waals surface area contributed by atoms with Gasteiger partial charge in [-0.2, -0.15) is 0 Å². The number of halogens is 2. The minimum Gasteiger partial charge on any atom is -0.487 e. The fraction of sp³-hybridized carbons (Fsp3) is 0.0952. The first kappa shape index (κ1) is 22.2. The van der Waals surface area contributed by atoms with E-state index in [4.69, 9.17) is 39.1 Å². The molecule has 5 N–H and O–H groups in total. The van der Waals surface area contributed by atoms with E-state index in [1.54, 1.807) is 6.92 Å². The zero-order chi connectivity index (χ0) is 22.5. The molecular weight excluding hydrogens is 443 g/mol. The van der Waals surface area contributed by atoms with E-state index in [1.165, 1.54) is 18.2 Å². The van der Waals surface area contributed by atoms with Gasteiger partial charge in [0.05, 0.1) is 15.7 Å². The van der Waals surface area contributed by atoms with Crippen molar-refractivity contribution in [3.8, 4) is 5.75 Å². The molecule has 0 aliphatic heterocycles. The second-order valence-corrected chi connectivity index (χ2v) is 7.20. The van der Waals surface area contributed by atoms with Gasteiger partial charge in [-0.3, -0.25) is 10.2 Å². The number of carbonyl (C=O) groups excluding carboxylic acids is 2. The number of H-pyrrole nitrogens is 1. The van der Waals surface area contributed by atoms with Crippen LogP contribution in [0.3, 0.4) is 0 Å². The number of carbonyl (C=O) groups is 2. The topological polar surface area (TPSA) is 130 Å². The van der Waals surface area contributed by atoms with Crippen molar-refractivity contribution in [1.82, 2.24) is 4.98 Å². The van der Waals surface area contributed by atoms with E-state index in [1.807, 2.05) is 30.3 Å². The molecule has 0 atom stereocenters. The summed E-state index contributed by atoms with van der Waals surface area (Å²) in [5, 5.41) is 10.9. The Balaban J connectivity index is 1.89.